The van der Waals surface area contributed by atoms with Gasteiger partial charge in [-0.2, -0.15) is 0 Å². The Balaban J connectivity index is 2.39. The van der Waals surface area contributed by atoms with Crippen molar-refractivity contribution < 1.29 is 4.39 Å². The van der Waals surface area contributed by atoms with Gasteiger partial charge in [0.2, 0.25) is 0 Å². The Morgan fingerprint density at radius 1 is 1.39 bits per heavy atom. The van der Waals surface area contributed by atoms with Gasteiger partial charge in [-0.3, -0.25) is 0 Å². The van der Waals surface area contributed by atoms with Crippen LogP contribution < -0.4 is 10.2 Å². The third-order valence-electron chi connectivity index (χ3n) is 3.98. The number of rotatable bonds is 4. The fourth-order valence-corrected chi connectivity index (χ4v) is 3.05. The molecule has 1 saturated heterocycles. The molecule has 1 aliphatic rings. The molecular weight excluding hydrogens is 227 g/mol. The summed E-state index contributed by atoms with van der Waals surface area (Å²) in [5.41, 5.74) is 1.87. The first-order valence-electron chi connectivity index (χ1n) is 6.89. The lowest BCUT2D eigenvalue weighted by atomic mass is 10.1. The molecule has 1 N–H and O–H groups in total. The van der Waals surface area contributed by atoms with Gasteiger partial charge in [0.1, 0.15) is 5.82 Å². The number of nitrogens with one attached hydrogen (secondary N) is 1. The van der Waals surface area contributed by atoms with Crippen molar-refractivity contribution in [2.75, 3.05) is 11.9 Å². The molecule has 2 atom stereocenters. The molecule has 0 aliphatic carbocycles. The predicted molar refractivity (Wildman–Crippen MR) is 74.4 cm³/mol. The van der Waals surface area contributed by atoms with E-state index in [9.17, 15) is 4.39 Å². The van der Waals surface area contributed by atoms with E-state index in [0.29, 0.717) is 18.6 Å². The van der Waals surface area contributed by atoms with E-state index < -0.39 is 0 Å². The minimum Gasteiger partial charge on any atom is -0.366 e. The summed E-state index contributed by atoms with van der Waals surface area (Å²) < 4.78 is 14.0. The van der Waals surface area contributed by atoms with Crippen LogP contribution in [0.2, 0.25) is 0 Å². The maximum Gasteiger partial charge on any atom is 0.129 e. The summed E-state index contributed by atoms with van der Waals surface area (Å²) in [6.07, 6.45) is 3.54. The van der Waals surface area contributed by atoms with Crippen LogP contribution in [0.25, 0.3) is 0 Å². The molecule has 1 heterocycles. The monoisotopic (exact) mass is 250 g/mol. The van der Waals surface area contributed by atoms with E-state index in [1.807, 2.05) is 13.1 Å². The zero-order valence-electron chi connectivity index (χ0n) is 11.5. The van der Waals surface area contributed by atoms with E-state index in [1.54, 1.807) is 6.07 Å². The third kappa shape index (κ3) is 2.37. The van der Waals surface area contributed by atoms with E-state index >= 15 is 0 Å². The first kappa shape index (κ1) is 13.3. The molecule has 3 heteroatoms. The summed E-state index contributed by atoms with van der Waals surface area (Å²) in [5.74, 6) is -0.101. The van der Waals surface area contributed by atoms with Crippen LogP contribution in [0.3, 0.4) is 0 Å². The average Bonchev–Trinajstić information content (AvgIpc) is 2.73. The average molecular weight is 250 g/mol. The Morgan fingerprint density at radius 3 is 2.83 bits per heavy atom. The lowest BCUT2D eigenvalue weighted by Crippen LogP contribution is -2.35. The van der Waals surface area contributed by atoms with E-state index in [0.717, 1.165) is 17.7 Å². The molecular formula is C15H23FN2. The standard InChI is InChI=1S/C15H23FN2/c1-4-12-9-8-11(2)18(12)15-7-5-6-14(16)13(15)10-17-3/h5-7,11-12,17H,4,8-10H2,1-3H3. The van der Waals surface area contributed by atoms with Crippen LogP contribution in [-0.2, 0) is 6.54 Å². The molecule has 1 aromatic rings. The summed E-state index contributed by atoms with van der Waals surface area (Å²) in [7, 11) is 1.86. The van der Waals surface area contributed by atoms with Gasteiger partial charge in [0.25, 0.3) is 0 Å². The second kappa shape index (κ2) is 5.70. The lowest BCUT2D eigenvalue weighted by Gasteiger charge is -2.32. The van der Waals surface area contributed by atoms with Crippen molar-refractivity contribution in [3.8, 4) is 0 Å². The minimum atomic E-state index is -0.101. The highest BCUT2D eigenvalue weighted by molar-refractivity contribution is 5.56. The number of halogens is 1. The van der Waals surface area contributed by atoms with Gasteiger partial charge in [-0.1, -0.05) is 13.0 Å². The van der Waals surface area contributed by atoms with Crippen molar-refractivity contribution >= 4 is 5.69 Å². The van der Waals surface area contributed by atoms with Crippen LogP contribution in [0.15, 0.2) is 18.2 Å². The first-order chi connectivity index (χ1) is 8.69. The molecule has 1 aliphatic heterocycles. The van der Waals surface area contributed by atoms with Gasteiger partial charge in [-0.25, -0.2) is 4.39 Å². The molecule has 0 saturated carbocycles. The van der Waals surface area contributed by atoms with Gasteiger partial charge in [0.05, 0.1) is 0 Å². The van der Waals surface area contributed by atoms with Crippen molar-refractivity contribution in [1.82, 2.24) is 5.32 Å². The van der Waals surface area contributed by atoms with Crippen LogP contribution in [0.5, 0.6) is 0 Å². The largest absolute Gasteiger partial charge is 0.366 e. The highest BCUT2D eigenvalue weighted by Gasteiger charge is 2.31. The SMILES string of the molecule is CCC1CCC(C)N1c1cccc(F)c1CNC. The number of hydrogen-bond donors (Lipinski definition) is 1. The number of benzene rings is 1. The zero-order valence-corrected chi connectivity index (χ0v) is 11.5. The maximum absolute atomic E-state index is 14.0. The highest BCUT2D eigenvalue weighted by Crippen LogP contribution is 2.34. The summed E-state index contributed by atoms with van der Waals surface area (Å²) in [6.45, 7) is 5.04. The Morgan fingerprint density at radius 2 is 2.17 bits per heavy atom. The van der Waals surface area contributed by atoms with Crippen LogP contribution in [0.4, 0.5) is 10.1 Å². The first-order valence-corrected chi connectivity index (χ1v) is 6.89. The van der Waals surface area contributed by atoms with Crippen molar-refractivity contribution in [1.29, 1.82) is 0 Å². The van der Waals surface area contributed by atoms with Crippen molar-refractivity contribution in [3.63, 3.8) is 0 Å². The summed E-state index contributed by atoms with van der Waals surface area (Å²) in [4.78, 5) is 2.41. The summed E-state index contributed by atoms with van der Waals surface area (Å²) in [6, 6.07) is 6.49. The summed E-state index contributed by atoms with van der Waals surface area (Å²) in [5, 5.41) is 3.07. The topological polar surface area (TPSA) is 15.3 Å². The van der Waals surface area contributed by atoms with Crippen LogP contribution in [-0.4, -0.2) is 19.1 Å². The van der Waals surface area contributed by atoms with Gasteiger partial charge in [0, 0.05) is 29.9 Å². The van der Waals surface area contributed by atoms with Crippen LogP contribution >= 0.6 is 0 Å². The van der Waals surface area contributed by atoms with Gasteiger partial charge in [0.15, 0.2) is 0 Å². The van der Waals surface area contributed by atoms with E-state index in [-0.39, 0.29) is 5.82 Å². The van der Waals surface area contributed by atoms with Gasteiger partial charge in [-0.05, 0) is 45.4 Å². The lowest BCUT2D eigenvalue weighted by molar-refractivity contribution is 0.586. The van der Waals surface area contributed by atoms with Gasteiger partial charge >= 0.3 is 0 Å². The molecule has 0 aromatic heterocycles. The van der Waals surface area contributed by atoms with E-state index in [1.165, 1.54) is 12.8 Å². The van der Waals surface area contributed by atoms with Crippen molar-refractivity contribution in [2.45, 2.75) is 51.7 Å². The fraction of sp³-hybridized carbons (Fsp3) is 0.600. The highest BCUT2D eigenvalue weighted by atomic mass is 19.1. The Kier molecular flexibility index (Phi) is 4.23. The molecule has 0 bridgehead atoms. The molecule has 2 nitrogen and oxygen atoms in total. The number of anilines is 1. The Bertz CT molecular complexity index is 405. The van der Waals surface area contributed by atoms with Gasteiger partial charge in [-0.15, -0.1) is 0 Å². The molecule has 0 radical (unpaired) electrons. The van der Waals surface area contributed by atoms with Crippen molar-refractivity contribution in [3.05, 3.63) is 29.6 Å². The minimum absolute atomic E-state index is 0.101. The normalized spacial score (nSPS) is 23.7. The second-order valence-corrected chi connectivity index (χ2v) is 5.16. The molecule has 0 spiro atoms. The third-order valence-corrected chi connectivity index (χ3v) is 3.98. The molecule has 2 rings (SSSR count). The molecule has 18 heavy (non-hydrogen) atoms. The van der Waals surface area contributed by atoms with Gasteiger partial charge < -0.3 is 10.2 Å². The van der Waals surface area contributed by atoms with Crippen LogP contribution in [0.1, 0.15) is 38.7 Å². The van der Waals surface area contributed by atoms with E-state index in [2.05, 4.69) is 30.1 Å². The van der Waals surface area contributed by atoms with Crippen LogP contribution in [0, 0.1) is 5.82 Å². The second-order valence-electron chi connectivity index (χ2n) is 5.16. The smallest absolute Gasteiger partial charge is 0.129 e. The Labute approximate surface area is 109 Å². The molecule has 0 amide bonds. The fourth-order valence-electron chi connectivity index (χ4n) is 3.05. The molecule has 1 aromatic carbocycles. The maximum atomic E-state index is 14.0. The number of hydrogen-bond acceptors (Lipinski definition) is 2. The molecule has 100 valence electrons. The van der Waals surface area contributed by atoms with E-state index in [4.69, 9.17) is 0 Å². The Hall–Kier alpha value is -1.09. The quantitative estimate of drug-likeness (QED) is 0.882. The predicted octanol–water partition coefficient (Wildman–Crippen LogP) is 3.31. The molecule has 1 fully saturated rings. The molecule has 2 unspecified atom stereocenters. The summed E-state index contributed by atoms with van der Waals surface area (Å²) >= 11 is 0. The van der Waals surface area contributed by atoms with Crippen molar-refractivity contribution in [2.24, 2.45) is 0 Å². The number of nitrogens with zero attached hydrogens (tertiary/aromatic N) is 1. The zero-order chi connectivity index (χ0) is 13.1.